The summed E-state index contributed by atoms with van der Waals surface area (Å²) in [7, 11) is 0. The van der Waals surface area contributed by atoms with Crippen LogP contribution in [0.2, 0.25) is 0 Å². The fourth-order valence-corrected chi connectivity index (χ4v) is 7.81. The lowest BCUT2D eigenvalue weighted by Crippen LogP contribution is -2.30. The van der Waals surface area contributed by atoms with Gasteiger partial charge in [-0.05, 0) is 31.1 Å². The first-order valence-corrected chi connectivity index (χ1v) is 25.7. The number of ether oxygens (including phenoxy) is 3. The molecular formula is C52H100O6. The third kappa shape index (κ3) is 45.5. The van der Waals surface area contributed by atoms with Gasteiger partial charge in [-0.15, -0.1) is 0 Å². The van der Waals surface area contributed by atoms with Gasteiger partial charge in [0.2, 0.25) is 0 Å². The fraction of sp³-hybridized carbons (Fsp3) is 0.942. The van der Waals surface area contributed by atoms with Crippen molar-refractivity contribution in [3.63, 3.8) is 0 Å². The van der Waals surface area contributed by atoms with Gasteiger partial charge in [-0.2, -0.15) is 0 Å². The standard InChI is InChI=1S/C52H100O6/c1-6-7-8-9-10-11-23-27-34-39-44-52(55)58-49(46-57-51(54)43-38-33-29-28-31-36-41-48(4)5)45-56-50(53)42-37-32-26-24-21-19-17-15-13-12-14-16-18-20-22-25-30-35-40-47(2)3/h47-49H,6-46H2,1-5H3/t49-/m0/s1. The number of unbranched alkanes of at least 4 members (excludes halogenated alkanes) is 31. The minimum Gasteiger partial charge on any atom is -0.462 e. The maximum absolute atomic E-state index is 12.7. The van der Waals surface area contributed by atoms with E-state index in [1.165, 1.54) is 173 Å². The van der Waals surface area contributed by atoms with Gasteiger partial charge in [0.15, 0.2) is 6.10 Å². The Morgan fingerprint density at radius 3 is 0.845 bits per heavy atom. The molecule has 0 rings (SSSR count). The molecule has 0 saturated carbocycles. The van der Waals surface area contributed by atoms with E-state index < -0.39 is 6.10 Å². The summed E-state index contributed by atoms with van der Waals surface area (Å²) in [5.41, 5.74) is 0. The van der Waals surface area contributed by atoms with E-state index in [1.54, 1.807) is 0 Å². The second kappa shape index (κ2) is 44.9. The molecule has 0 fully saturated rings. The maximum Gasteiger partial charge on any atom is 0.306 e. The smallest absolute Gasteiger partial charge is 0.306 e. The molecule has 6 nitrogen and oxygen atoms in total. The van der Waals surface area contributed by atoms with Crippen LogP contribution in [-0.2, 0) is 28.6 Å². The molecule has 0 aromatic rings. The molecule has 0 unspecified atom stereocenters. The van der Waals surface area contributed by atoms with Crippen molar-refractivity contribution >= 4 is 17.9 Å². The van der Waals surface area contributed by atoms with Crippen LogP contribution in [0.25, 0.3) is 0 Å². The molecule has 0 spiro atoms. The van der Waals surface area contributed by atoms with Gasteiger partial charge in [0.25, 0.3) is 0 Å². The Balaban J connectivity index is 4.14. The van der Waals surface area contributed by atoms with Crippen molar-refractivity contribution in [2.75, 3.05) is 13.2 Å². The Bertz CT molecular complexity index is 885. The Labute approximate surface area is 361 Å². The molecule has 0 amide bonds. The van der Waals surface area contributed by atoms with Gasteiger partial charge in [-0.25, -0.2) is 0 Å². The third-order valence-corrected chi connectivity index (χ3v) is 11.7. The highest BCUT2D eigenvalue weighted by Crippen LogP contribution is 2.17. The topological polar surface area (TPSA) is 78.9 Å². The zero-order valence-corrected chi connectivity index (χ0v) is 39.7. The first-order valence-electron chi connectivity index (χ1n) is 25.7. The minimum atomic E-state index is -0.761. The monoisotopic (exact) mass is 821 g/mol. The van der Waals surface area contributed by atoms with Crippen molar-refractivity contribution in [1.82, 2.24) is 0 Å². The zero-order chi connectivity index (χ0) is 42.6. The highest BCUT2D eigenvalue weighted by Gasteiger charge is 2.19. The normalized spacial score (nSPS) is 12.1. The first kappa shape index (κ1) is 56.4. The molecule has 0 aromatic heterocycles. The number of esters is 3. The van der Waals surface area contributed by atoms with E-state index >= 15 is 0 Å². The highest BCUT2D eigenvalue weighted by atomic mass is 16.6. The van der Waals surface area contributed by atoms with E-state index in [9.17, 15) is 14.4 Å². The molecule has 1 atom stereocenters. The Morgan fingerprint density at radius 2 is 0.569 bits per heavy atom. The lowest BCUT2D eigenvalue weighted by atomic mass is 10.0. The lowest BCUT2D eigenvalue weighted by molar-refractivity contribution is -0.167. The summed E-state index contributed by atoms with van der Waals surface area (Å²) in [6.07, 6.45) is 45.4. The van der Waals surface area contributed by atoms with E-state index in [0.717, 1.165) is 69.6 Å². The summed E-state index contributed by atoms with van der Waals surface area (Å²) in [5, 5.41) is 0. The molecule has 0 aliphatic carbocycles. The predicted octanol–water partition coefficient (Wildman–Crippen LogP) is 16.5. The number of carbonyl (C=O) groups excluding carboxylic acids is 3. The van der Waals surface area contributed by atoms with Crippen LogP contribution in [0, 0.1) is 11.8 Å². The fourth-order valence-electron chi connectivity index (χ4n) is 7.81. The van der Waals surface area contributed by atoms with Crippen LogP contribution >= 0.6 is 0 Å². The molecule has 0 saturated heterocycles. The number of hydrogen-bond donors (Lipinski definition) is 0. The molecule has 58 heavy (non-hydrogen) atoms. The van der Waals surface area contributed by atoms with E-state index in [0.29, 0.717) is 19.3 Å². The number of hydrogen-bond acceptors (Lipinski definition) is 6. The summed E-state index contributed by atoms with van der Waals surface area (Å²) >= 11 is 0. The Hall–Kier alpha value is -1.59. The quantitative estimate of drug-likeness (QED) is 0.0346. The Kier molecular flexibility index (Phi) is 43.7. The third-order valence-electron chi connectivity index (χ3n) is 11.7. The summed E-state index contributed by atoms with van der Waals surface area (Å²) in [6, 6.07) is 0. The average molecular weight is 821 g/mol. The molecule has 0 N–H and O–H groups in total. The van der Waals surface area contributed by atoms with E-state index in [2.05, 4.69) is 34.6 Å². The molecule has 0 heterocycles. The van der Waals surface area contributed by atoms with E-state index in [4.69, 9.17) is 14.2 Å². The van der Waals surface area contributed by atoms with Crippen molar-refractivity contribution in [1.29, 1.82) is 0 Å². The van der Waals surface area contributed by atoms with Crippen LogP contribution in [0.1, 0.15) is 285 Å². The summed E-state index contributed by atoms with van der Waals surface area (Å²) in [5.74, 6) is 0.767. The van der Waals surface area contributed by atoms with Crippen molar-refractivity contribution in [2.24, 2.45) is 11.8 Å². The van der Waals surface area contributed by atoms with Gasteiger partial charge in [0.1, 0.15) is 13.2 Å². The second-order valence-corrected chi connectivity index (χ2v) is 18.8. The summed E-state index contributed by atoms with van der Waals surface area (Å²) in [4.78, 5) is 37.8. The van der Waals surface area contributed by atoms with Crippen LogP contribution in [0.15, 0.2) is 0 Å². The number of rotatable bonds is 46. The van der Waals surface area contributed by atoms with Crippen LogP contribution < -0.4 is 0 Å². The van der Waals surface area contributed by atoms with Crippen LogP contribution in [0.4, 0.5) is 0 Å². The largest absolute Gasteiger partial charge is 0.462 e. The second-order valence-electron chi connectivity index (χ2n) is 18.8. The molecule has 0 aromatic carbocycles. The molecule has 6 heteroatoms. The molecule has 344 valence electrons. The van der Waals surface area contributed by atoms with Crippen molar-refractivity contribution in [3.8, 4) is 0 Å². The minimum absolute atomic E-state index is 0.0645. The van der Waals surface area contributed by atoms with Crippen LogP contribution in [0.5, 0.6) is 0 Å². The SMILES string of the molecule is CCCCCCCCCCCCC(=O)O[C@@H](COC(=O)CCCCCCCCCCCCCCCCCCCCC(C)C)COC(=O)CCCCCCCCC(C)C. The van der Waals surface area contributed by atoms with Gasteiger partial charge in [-0.1, -0.05) is 247 Å². The van der Waals surface area contributed by atoms with Crippen LogP contribution in [0.3, 0.4) is 0 Å². The first-order chi connectivity index (χ1) is 28.2. The molecule has 0 radical (unpaired) electrons. The van der Waals surface area contributed by atoms with Crippen molar-refractivity contribution in [3.05, 3.63) is 0 Å². The van der Waals surface area contributed by atoms with E-state index in [1.807, 2.05) is 0 Å². The lowest BCUT2D eigenvalue weighted by Gasteiger charge is -2.18. The van der Waals surface area contributed by atoms with Gasteiger partial charge in [-0.3, -0.25) is 14.4 Å². The Morgan fingerprint density at radius 1 is 0.328 bits per heavy atom. The molecule has 0 aliphatic rings. The van der Waals surface area contributed by atoms with Gasteiger partial charge in [0, 0.05) is 19.3 Å². The average Bonchev–Trinajstić information content (AvgIpc) is 3.19. The molecule has 0 bridgehead atoms. The molecule has 0 aliphatic heterocycles. The van der Waals surface area contributed by atoms with Crippen molar-refractivity contribution < 1.29 is 28.6 Å². The van der Waals surface area contributed by atoms with Gasteiger partial charge >= 0.3 is 17.9 Å². The van der Waals surface area contributed by atoms with E-state index in [-0.39, 0.29) is 31.1 Å². The molecular weight excluding hydrogens is 721 g/mol. The highest BCUT2D eigenvalue weighted by molar-refractivity contribution is 5.71. The van der Waals surface area contributed by atoms with Crippen LogP contribution in [-0.4, -0.2) is 37.2 Å². The summed E-state index contributed by atoms with van der Waals surface area (Å²) in [6.45, 7) is 11.3. The van der Waals surface area contributed by atoms with Crippen molar-refractivity contribution in [2.45, 2.75) is 291 Å². The predicted molar refractivity (Wildman–Crippen MR) is 247 cm³/mol. The zero-order valence-electron chi connectivity index (χ0n) is 39.7. The summed E-state index contributed by atoms with van der Waals surface area (Å²) < 4.78 is 16.7. The van der Waals surface area contributed by atoms with Gasteiger partial charge < -0.3 is 14.2 Å². The maximum atomic E-state index is 12.7. The number of carbonyl (C=O) groups is 3. The van der Waals surface area contributed by atoms with Gasteiger partial charge in [0.05, 0.1) is 0 Å².